The van der Waals surface area contributed by atoms with Crippen LogP contribution in [0.5, 0.6) is 0 Å². The summed E-state index contributed by atoms with van der Waals surface area (Å²) in [7, 11) is 0. The van der Waals surface area contributed by atoms with Crippen molar-refractivity contribution in [2.45, 2.75) is 25.4 Å². The average Bonchev–Trinajstić information content (AvgIpc) is 2.51. The van der Waals surface area contributed by atoms with Crippen LogP contribution in [0.1, 0.15) is 22.3 Å². The molecule has 2 aromatic rings. The molecular weight excluding hydrogens is 384 g/mol. The Kier molecular flexibility index (Phi) is 3.64. The van der Waals surface area contributed by atoms with Gasteiger partial charge in [-0.3, -0.25) is 0 Å². The lowest BCUT2D eigenvalue weighted by Crippen LogP contribution is -2.48. The second-order valence-electron chi connectivity index (χ2n) is 6.45. The van der Waals surface area contributed by atoms with Gasteiger partial charge in [0.1, 0.15) is 11.6 Å². The predicted octanol–water partition coefficient (Wildman–Crippen LogP) is 5.30. The van der Waals surface area contributed by atoms with Crippen LogP contribution in [-0.2, 0) is 25.4 Å². The third-order valence-electron chi connectivity index (χ3n) is 4.61. The normalized spacial score (nSPS) is 16.3. The second-order valence-corrected chi connectivity index (χ2v) is 6.45. The highest BCUT2D eigenvalue weighted by Crippen LogP contribution is 2.48. The van der Waals surface area contributed by atoms with Gasteiger partial charge in [0.15, 0.2) is 0 Å². The summed E-state index contributed by atoms with van der Waals surface area (Å²) in [5.74, 6) is -2.25. The summed E-state index contributed by atoms with van der Waals surface area (Å²) in [4.78, 5) is 2.37. The fourth-order valence-electron chi connectivity index (χ4n) is 3.75. The van der Waals surface area contributed by atoms with Gasteiger partial charge in [-0.2, -0.15) is 26.3 Å². The van der Waals surface area contributed by atoms with Gasteiger partial charge in [-0.25, -0.2) is 8.78 Å². The summed E-state index contributed by atoms with van der Waals surface area (Å²) >= 11 is 0. The van der Waals surface area contributed by atoms with Gasteiger partial charge >= 0.3 is 12.4 Å². The van der Waals surface area contributed by atoms with Crippen LogP contribution in [-0.4, -0.2) is 6.67 Å². The maximum atomic E-state index is 13.7. The zero-order chi connectivity index (χ0) is 19.7. The molecule has 0 atom stereocenters. The number of fused-ring (bicyclic) bond motifs is 6. The molecule has 2 bridgehead atoms. The standard InChI is InChI=1S/C17H10F8N2/c18-10-1-8-5-26-7-27(14(8)12(3-10)16(20,21)22)6-9-2-11(19)4-13(15(9)26)17(23,24)25/h1-4H,5-7H2. The molecule has 2 aliphatic rings. The topological polar surface area (TPSA) is 6.48 Å². The minimum absolute atomic E-state index is 0.0725. The maximum absolute atomic E-state index is 13.7. The molecule has 144 valence electrons. The average molecular weight is 394 g/mol. The van der Waals surface area contributed by atoms with Crippen molar-refractivity contribution >= 4 is 11.4 Å². The Morgan fingerprint density at radius 3 is 1.33 bits per heavy atom. The fraction of sp³-hybridized carbons (Fsp3) is 0.294. The fourth-order valence-corrected chi connectivity index (χ4v) is 3.75. The summed E-state index contributed by atoms with van der Waals surface area (Å²) < 4.78 is 107. The molecule has 0 aliphatic carbocycles. The number of hydrogen-bond acceptors (Lipinski definition) is 2. The lowest BCUT2D eigenvalue weighted by atomic mass is 9.95. The molecule has 10 heteroatoms. The Balaban J connectivity index is 1.91. The summed E-state index contributed by atoms with van der Waals surface area (Å²) in [6, 6.07) is 2.48. The predicted molar refractivity (Wildman–Crippen MR) is 80.0 cm³/mol. The van der Waals surface area contributed by atoms with Crippen LogP contribution in [0.4, 0.5) is 46.5 Å². The Bertz CT molecular complexity index is 856. The monoisotopic (exact) mass is 394 g/mol. The van der Waals surface area contributed by atoms with Crippen LogP contribution >= 0.6 is 0 Å². The quantitative estimate of drug-likeness (QED) is 0.560. The van der Waals surface area contributed by atoms with Crippen molar-refractivity contribution in [2.24, 2.45) is 0 Å². The highest BCUT2D eigenvalue weighted by Gasteiger charge is 2.44. The first kappa shape index (κ1) is 17.9. The number of benzene rings is 2. The van der Waals surface area contributed by atoms with Crippen molar-refractivity contribution in [3.63, 3.8) is 0 Å². The molecule has 2 nitrogen and oxygen atoms in total. The lowest BCUT2D eigenvalue weighted by molar-refractivity contribution is -0.137. The van der Waals surface area contributed by atoms with Crippen LogP contribution in [0, 0.1) is 11.6 Å². The Morgan fingerprint density at radius 2 is 1.00 bits per heavy atom. The van der Waals surface area contributed by atoms with E-state index in [1.807, 2.05) is 0 Å². The molecule has 0 fully saturated rings. The smallest absolute Gasteiger partial charge is 0.349 e. The SMILES string of the molecule is Fc1cc2c(c(C(F)(F)F)c1)N1Cc3cc(F)cc(C(F)(F)F)c3N(C2)C1. The van der Waals surface area contributed by atoms with Crippen molar-refractivity contribution < 1.29 is 35.1 Å². The highest BCUT2D eigenvalue weighted by molar-refractivity contribution is 5.73. The van der Waals surface area contributed by atoms with Crippen LogP contribution < -0.4 is 9.80 Å². The minimum atomic E-state index is -4.84. The molecule has 0 saturated carbocycles. The van der Waals surface area contributed by atoms with E-state index in [0.29, 0.717) is 12.1 Å². The maximum Gasteiger partial charge on any atom is 0.418 e. The van der Waals surface area contributed by atoms with E-state index in [9.17, 15) is 35.1 Å². The van der Waals surface area contributed by atoms with Gasteiger partial charge in [0.2, 0.25) is 0 Å². The van der Waals surface area contributed by atoms with Crippen molar-refractivity contribution in [3.05, 3.63) is 58.2 Å². The number of nitrogens with zero attached hydrogens (tertiary/aromatic N) is 2. The first-order valence-corrected chi connectivity index (χ1v) is 7.74. The summed E-state index contributed by atoms with van der Waals surface area (Å²) in [6.45, 7) is -0.952. The van der Waals surface area contributed by atoms with E-state index < -0.39 is 35.1 Å². The van der Waals surface area contributed by atoms with E-state index in [1.54, 1.807) is 0 Å². The number of anilines is 2. The van der Waals surface area contributed by atoms with E-state index in [2.05, 4.69) is 0 Å². The number of halogens is 8. The Hall–Kier alpha value is -2.52. The van der Waals surface area contributed by atoms with Gasteiger partial charge in [0.05, 0.1) is 29.2 Å². The van der Waals surface area contributed by atoms with Gasteiger partial charge in [-0.1, -0.05) is 0 Å². The zero-order valence-electron chi connectivity index (χ0n) is 13.3. The molecule has 4 rings (SSSR count). The first-order valence-electron chi connectivity index (χ1n) is 7.74. The van der Waals surface area contributed by atoms with E-state index >= 15 is 0 Å². The highest BCUT2D eigenvalue weighted by atomic mass is 19.4. The van der Waals surface area contributed by atoms with Crippen LogP contribution in [0.15, 0.2) is 24.3 Å². The van der Waals surface area contributed by atoms with Crippen molar-refractivity contribution in [1.82, 2.24) is 0 Å². The second kappa shape index (κ2) is 5.49. The summed E-state index contributed by atoms with van der Waals surface area (Å²) in [5.41, 5.74) is -3.12. The van der Waals surface area contributed by atoms with Gasteiger partial charge in [0, 0.05) is 13.1 Å². The molecule has 2 heterocycles. The molecule has 27 heavy (non-hydrogen) atoms. The molecule has 0 spiro atoms. The molecule has 0 radical (unpaired) electrons. The van der Waals surface area contributed by atoms with E-state index in [-0.39, 0.29) is 42.3 Å². The van der Waals surface area contributed by atoms with Crippen molar-refractivity contribution in [1.29, 1.82) is 0 Å². The first-order chi connectivity index (χ1) is 12.4. The van der Waals surface area contributed by atoms with Gasteiger partial charge in [-0.15, -0.1) is 0 Å². The largest absolute Gasteiger partial charge is 0.418 e. The lowest BCUT2D eigenvalue weighted by Gasteiger charge is -2.46. The van der Waals surface area contributed by atoms with Crippen molar-refractivity contribution in [2.75, 3.05) is 16.5 Å². The molecule has 0 amide bonds. The van der Waals surface area contributed by atoms with Gasteiger partial charge in [0.25, 0.3) is 0 Å². The van der Waals surface area contributed by atoms with Crippen LogP contribution in [0.2, 0.25) is 0 Å². The Morgan fingerprint density at radius 1 is 0.630 bits per heavy atom. The summed E-state index contributed by atoms with van der Waals surface area (Å²) in [6.07, 6.45) is -9.68. The summed E-state index contributed by atoms with van der Waals surface area (Å²) in [5, 5.41) is 0. The Labute approximate surface area is 147 Å². The van der Waals surface area contributed by atoms with Crippen molar-refractivity contribution in [3.8, 4) is 0 Å². The van der Waals surface area contributed by atoms with Gasteiger partial charge in [-0.05, 0) is 35.4 Å². The minimum Gasteiger partial charge on any atom is -0.349 e. The van der Waals surface area contributed by atoms with E-state index in [4.69, 9.17) is 0 Å². The molecule has 0 saturated heterocycles. The van der Waals surface area contributed by atoms with Crippen LogP contribution in [0.25, 0.3) is 0 Å². The third-order valence-corrected chi connectivity index (χ3v) is 4.61. The zero-order valence-corrected chi connectivity index (χ0v) is 13.3. The molecule has 0 N–H and O–H groups in total. The number of alkyl halides is 6. The molecule has 2 aromatic carbocycles. The molecule has 2 aliphatic heterocycles. The van der Waals surface area contributed by atoms with E-state index in [0.717, 1.165) is 12.1 Å². The third kappa shape index (κ3) is 2.87. The molecule has 0 unspecified atom stereocenters. The number of hydrogen-bond donors (Lipinski definition) is 0. The van der Waals surface area contributed by atoms with Crippen LogP contribution in [0.3, 0.4) is 0 Å². The number of rotatable bonds is 0. The molecular formula is C17H10F8N2. The van der Waals surface area contributed by atoms with E-state index in [1.165, 1.54) is 9.80 Å². The van der Waals surface area contributed by atoms with Gasteiger partial charge < -0.3 is 9.80 Å². The molecule has 0 aromatic heterocycles.